The number of hydrogen-bond acceptors (Lipinski definition) is 2. The van der Waals surface area contributed by atoms with E-state index < -0.39 is 23.2 Å². The Balaban J connectivity index is 0. The van der Waals surface area contributed by atoms with Gasteiger partial charge in [-0.3, -0.25) is 0 Å². The normalized spacial score (nSPS) is 12.3. The number of hydrogen-bond donors (Lipinski definition) is 0. The summed E-state index contributed by atoms with van der Waals surface area (Å²) in [6.45, 7) is 0. The Labute approximate surface area is 62.5 Å². The predicted octanol–water partition coefficient (Wildman–Crippen LogP) is 1.98. The Morgan fingerprint density at radius 3 is 1.08 bits per heavy atom. The third-order valence-electron chi connectivity index (χ3n) is 0.247. The van der Waals surface area contributed by atoms with Crippen LogP contribution in [0, 0.1) is 0 Å². The molecule has 0 rings (SSSR count). The van der Waals surface area contributed by atoms with E-state index in [0.29, 0.717) is 0 Å². The Kier molecular flexibility index (Phi) is 5.23. The van der Waals surface area contributed by atoms with Gasteiger partial charge in [-0.05, 0) is 0 Å². The average molecular weight is 222 g/mol. The van der Waals surface area contributed by atoms with Crippen molar-refractivity contribution in [2.75, 3.05) is 0 Å². The molecule has 0 amide bonds. The third-order valence-corrected chi connectivity index (χ3v) is 0.247. The Hall–Kier alpha value is -0.540. The van der Waals surface area contributed by atoms with E-state index in [0.717, 1.165) is 0 Å². The Bertz CT molecular complexity index is 194. The highest BCUT2D eigenvalue weighted by Crippen LogP contribution is 2.22. The molecule has 0 heterocycles. The summed E-state index contributed by atoms with van der Waals surface area (Å²) >= 11 is 0. The molecule has 0 saturated heterocycles. The minimum Gasteiger partial charge on any atom is -0.200 e. The lowest BCUT2D eigenvalue weighted by Gasteiger charge is -2.00. The van der Waals surface area contributed by atoms with E-state index in [2.05, 4.69) is 0 Å². The highest BCUT2D eigenvalue weighted by atomic mass is 32.3. The van der Waals surface area contributed by atoms with Crippen LogP contribution in [0.25, 0.3) is 0 Å². The van der Waals surface area contributed by atoms with Gasteiger partial charge in [0.25, 0.3) is 0 Å². The molecule has 0 saturated carbocycles. The highest BCUT2D eigenvalue weighted by Gasteiger charge is 2.40. The summed E-state index contributed by atoms with van der Waals surface area (Å²) in [5.41, 5.74) is 0. The summed E-state index contributed by atoms with van der Waals surface area (Å²) in [6, 6.07) is 0. The van der Waals surface area contributed by atoms with Crippen molar-refractivity contribution < 1.29 is 38.1 Å². The molecule has 0 aromatic heterocycles. The van der Waals surface area contributed by atoms with Crippen LogP contribution in [0.4, 0.5) is 29.7 Å². The van der Waals surface area contributed by atoms with E-state index in [1.54, 1.807) is 0 Å². The van der Waals surface area contributed by atoms with Crippen LogP contribution in [0.15, 0.2) is 0 Å². The van der Waals surface area contributed by atoms with Crippen molar-refractivity contribution in [3.8, 4) is 0 Å². The molecular formula is C2HF7O2S. The molecule has 0 bridgehead atoms. The number of rotatable bonds is 0. The van der Waals surface area contributed by atoms with Gasteiger partial charge < -0.3 is 0 Å². The van der Waals surface area contributed by atoms with Crippen LogP contribution in [0.3, 0.4) is 0 Å². The summed E-state index contributed by atoms with van der Waals surface area (Å²) in [5.74, 6) is 0. The van der Waals surface area contributed by atoms with E-state index in [9.17, 15) is 29.7 Å². The van der Waals surface area contributed by atoms with E-state index in [-0.39, 0.29) is 0 Å². The zero-order valence-corrected chi connectivity index (χ0v) is 5.76. The summed E-state index contributed by atoms with van der Waals surface area (Å²) in [5, 5.41) is 0. The molecular weight excluding hydrogens is 221 g/mol. The maximum absolute atomic E-state index is 10.4. The van der Waals surface area contributed by atoms with Gasteiger partial charge in [0, 0.05) is 0 Å². The molecule has 0 aromatic carbocycles. The van der Waals surface area contributed by atoms with Crippen LogP contribution in [-0.2, 0) is 10.6 Å². The molecule has 0 aliphatic carbocycles. The largest absolute Gasteiger partial charge is 0.476 e. The van der Waals surface area contributed by atoms with Crippen molar-refractivity contribution in [2.24, 2.45) is 0 Å². The van der Waals surface area contributed by atoms with Crippen molar-refractivity contribution >= 4 is 10.6 Å². The van der Waals surface area contributed by atoms with Crippen LogP contribution in [-0.4, -0.2) is 21.0 Å². The fourth-order valence-electron chi connectivity index (χ4n) is 0. The molecule has 76 valence electrons. The fourth-order valence-corrected chi connectivity index (χ4v) is 0. The number of halogens is 7. The molecule has 0 aromatic rings. The van der Waals surface area contributed by atoms with Crippen molar-refractivity contribution in [2.45, 2.75) is 12.6 Å². The van der Waals surface area contributed by atoms with Crippen LogP contribution in [0.2, 0.25) is 0 Å². The fraction of sp³-hybridized carbons (Fsp3) is 1.00. The van der Waals surface area contributed by atoms with Crippen molar-refractivity contribution in [1.29, 1.82) is 0 Å². The van der Waals surface area contributed by atoms with Gasteiger partial charge in [0.05, 0.1) is 0 Å². The van der Waals surface area contributed by atoms with Gasteiger partial charge in [0.1, 0.15) is 0 Å². The summed E-state index contributed by atoms with van der Waals surface area (Å²) < 4.78 is 88.7. The molecule has 0 radical (unpaired) electrons. The highest BCUT2D eigenvalue weighted by molar-refractivity contribution is 7.81. The van der Waals surface area contributed by atoms with Crippen molar-refractivity contribution in [3.05, 3.63) is 0 Å². The van der Waals surface area contributed by atoms with Crippen LogP contribution < -0.4 is 0 Å². The average Bonchev–Trinajstić information content (AvgIpc) is 1.55. The maximum Gasteiger partial charge on any atom is 0.476 e. The van der Waals surface area contributed by atoms with Gasteiger partial charge in [-0.2, -0.15) is 21.6 Å². The topological polar surface area (TPSA) is 34.1 Å². The van der Waals surface area contributed by atoms with E-state index >= 15 is 0 Å². The SMILES string of the molecule is FC(F)C(F)(F)F.O=S(=O)(F)F. The van der Waals surface area contributed by atoms with Gasteiger partial charge in [-0.15, -0.1) is 0 Å². The molecule has 0 unspecified atom stereocenters. The molecule has 0 aliphatic heterocycles. The van der Waals surface area contributed by atoms with Gasteiger partial charge in [0.15, 0.2) is 0 Å². The molecule has 0 atom stereocenters. The van der Waals surface area contributed by atoms with Gasteiger partial charge >= 0.3 is 23.2 Å². The predicted molar refractivity (Wildman–Crippen MR) is 23.2 cm³/mol. The van der Waals surface area contributed by atoms with Crippen LogP contribution in [0.1, 0.15) is 0 Å². The van der Waals surface area contributed by atoms with Gasteiger partial charge in [0.2, 0.25) is 0 Å². The lowest BCUT2D eigenvalue weighted by atomic mass is 10.7. The second-order valence-electron chi connectivity index (χ2n) is 1.22. The maximum atomic E-state index is 10.4. The zero-order chi connectivity index (χ0) is 10.6. The molecule has 0 spiro atoms. The van der Waals surface area contributed by atoms with Crippen molar-refractivity contribution in [1.82, 2.24) is 0 Å². The molecule has 10 heteroatoms. The van der Waals surface area contributed by atoms with Gasteiger partial charge in [-0.1, -0.05) is 7.77 Å². The summed E-state index contributed by atoms with van der Waals surface area (Å²) in [6.07, 6.45) is -9.53. The standard InChI is InChI=1S/C2HF5.F2O2S/c3-1(4)2(5,6)7;1-5(2,3)4/h1H;. The third kappa shape index (κ3) is 22.7. The first-order valence-electron chi connectivity index (χ1n) is 1.93. The van der Waals surface area contributed by atoms with Gasteiger partial charge in [-0.25, -0.2) is 8.78 Å². The molecule has 0 aliphatic rings. The van der Waals surface area contributed by atoms with E-state index in [1.807, 2.05) is 0 Å². The second kappa shape index (κ2) is 4.48. The monoisotopic (exact) mass is 222 g/mol. The number of alkyl halides is 5. The minimum absolute atomic E-state index is 4.20. The molecule has 2 nitrogen and oxygen atoms in total. The first-order chi connectivity index (χ1) is 4.94. The van der Waals surface area contributed by atoms with E-state index in [1.165, 1.54) is 0 Å². The second-order valence-corrected chi connectivity index (χ2v) is 1.98. The Morgan fingerprint density at radius 1 is 1.00 bits per heavy atom. The molecule has 0 fully saturated rings. The lowest BCUT2D eigenvalue weighted by Crippen LogP contribution is -2.18. The Morgan fingerprint density at radius 2 is 1.08 bits per heavy atom. The summed E-state index contributed by atoms with van der Waals surface area (Å²) in [4.78, 5) is 0. The molecule has 12 heavy (non-hydrogen) atoms. The van der Waals surface area contributed by atoms with Crippen molar-refractivity contribution in [3.63, 3.8) is 0 Å². The van der Waals surface area contributed by atoms with Crippen LogP contribution >= 0.6 is 0 Å². The first kappa shape index (κ1) is 14.0. The first-order valence-corrected chi connectivity index (χ1v) is 3.22. The lowest BCUT2D eigenvalue weighted by molar-refractivity contribution is -0.219. The summed E-state index contributed by atoms with van der Waals surface area (Å²) in [7, 11) is -5.67. The minimum atomic E-state index is -5.67. The van der Waals surface area contributed by atoms with E-state index in [4.69, 9.17) is 8.42 Å². The zero-order valence-electron chi connectivity index (χ0n) is 4.95. The van der Waals surface area contributed by atoms with Crippen LogP contribution in [0.5, 0.6) is 0 Å². The quantitative estimate of drug-likeness (QED) is 0.464. The molecule has 0 N–H and O–H groups in total. The smallest absolute Gasteiger partial charge is 0.200 e.